The number of aryl methyl sites for hydroxylation is 1. The lowest BCUT2D eigenvalue weighted by Gasteiger charge is -2.17. The van der Waals surface area contributed by atoms with Crippen molar-refractivity contribution < 1.29 is 13.2 Å². The second kappa shape index (κ2) is 7.63. The Morgan fingerprint density at radius 1 is 0.889 bits per heavy atom. The van der Waals surface area contributed by atoms with Crippen molar-refractivity contribution in [3.8, 4) is 0 Å². The van der Waals surface area contributed by atoms with Crippen molar-refractivity contribution in [3.05, 3.63) is 90.0 Å². The summed E-state index contributed by atoms with van der Waals surface area (Å²) in [6.07, 6.45) is 0. The van der Waals surface area contributed by atoms with Crippen molar-refractivity contribution in [2.24, 2.45) is 0 Å². The topological polar surface area (TPSA) is 66.5 Å². The first-order valence-corrected chi connectivity index (χ1v) is 9.88. The Morgan fingerprint density at radius 3 is 2.22 bits per heavy atom. The number of carbonyl (C=O) groups is 1. The Kier molecular flexibility index (Phi) is 5.28. The number of para-hydroxylation sites is 1. The lowest BCUT2D eigenvalue weighted by Crippen LogP contribution is -2.26. The SMILES string of the molecule is Cc1ccc(NS(=O)(=O)c2cccc(C(=O)N(C)c3ccccc3)c2)cc1. The number of rotatable bonds is 5. The fourth-order valence-corrected chi connectivity index (χ4v) is 3.70. The third kappa shape index (κ3) is 4.35. The van der Waals surface area contributed by atoms with E-state index < -0.39 is 10.0 Å². The van der Waals surface area contributed by atoms with Gasteiger partial charge in [-0.05, 0) is 49.4 Å². The molecule has 5 nitrogen and oxygen atoms in total. The Balaban J connectivity index is 1.86. The Labute approximate surface area is 159 Å². The molecular formula is C21H20N2O3S. The molecule has 0 atom stereocenters. The van der Waals surface area contributed by atoms with E-state index in [4.69, 9.17) is 0 Å². The molecule has 1 amide bonds. The van der Waals surface area contributed by atoms with Gasteiger partial charge < -0.3 is 4.90 Å². The van der Waals surface area contributed by atoms with E-state index in [1.165, 1.54) is 17.0 Å². The molecule has 0 aliphatic carbocycles. The van der Waals surface area contributed by atoms with E-state index in [1.807, 2.05) is 49.4 Å². The highest BCUT2D eigenvalue weighted by Gasteiger charge is 2.19. The van der Waals surface area contributed by atoms with Crippen LogP contribution in [0.25, 0.3) is 0 Å². The molecule has 138 valence electrons. The molecule has 0 heterocycles. The van der Waals surface area contributed by atoms with Gasteiger partial charge in [-0.3, -0.25) is 9.52 Å². The minimum Gasteiger partial charge on any atom is -0.311 e. The second-order valence-electron chi connectivity index (χ2n) is 6.20. The summed E-state index contributed by atoms with van der Waals surface area (Å²) in [5.74, 6) is -0.284. The molecule has 0 fully saturated rings. The molecule has 3 rings (SSSR count). The van der Waals surface area contributed by atoms with Crippen LogP contribution in [0.15, 0.2) is 83.8 Å². The third-order valence-corrected chi connectivity index (χ3v) is 5.52. The number of carbonyl (C=O) groups excluding carboxylic acids is 1. The number of nitrogens with one attached hydrogen (secondary N) is 1. The number of hydrogen-bond acceptors (Lipinski definition) is 3. The van der Waals surface area contributed by atoms with Crippen LogP contribution in [0.2, 0.25) is 0 Å². The van der Waals surface area contributed by atoms with Gasteiger partial charge in [0.1, 0.15) is 0 Å². The molecule has 3 aromatic carbocycles. The fraction of sp³-hybridized carbons (Fsp3) is 0.0952. The summed E-state index contributed by atoms with van der Waals surface area (Å²) in [4.78, 5) is 14.3. The molecular weight excluding hydrogens is 360 g/mol. The predicted molar refractivity (Wildman–Crippen MR) is 108 cm³/mol. The molecule has 3 aromatic rings. The molecule has 0 radical (unpaired) electrons. The number of hydrogen-bond donors (Lipinski definition) is 1. The lowest BCUT2D eigenvalue weighted by atomic mass is 10.2. The number of sulfonamides is 1. The molecule has 0 saturated heterocycles. The van der Waals surface area contributed by atoms with Gasteiger partial charge >= 0.3 is 0 Å². The number of amides is 1. The molecule has 0 unspecified atom stereocenters. The Bertz CT molecular complexity index is 1050. The standard InChI is InChI=1S/C21H20N2O3S/c1-16-11-13-18(14-12-16)22-27(25,26)20-10-6-7-17(15-20)21(24)23(2)19-8-4-3-5-9-19/h3-15,22H,1-2H3. The minimum absolute atomic E-state index is 0.0374. The van der Waals surface area contributed by atoms with E-state index in [-0.39, 0.29) is 10.8 Å². The molecule has 0 aliphatic rings. The van der Waals surface area contributed by atoms with Gasteiger partial charge in [0.2, 0.25) is 0 Å². The summed E-state index contributed by atoms with van der Waals surface area (Å²) in [5, 5.41) is 0. The van der Waals surface area contributed by atoms with Gasteiger partial charge in [-0.1, -0.05) is 42.0 Å². The average Bonchev–Trinajstić information content (AvgIpc) is 2.69. The van der Waals surface area contributed by atoms with Gasteiger partial charge in [-0.15, -0.1) is 0 Å². The summed E-state index contributed by atoms with van der Waals surface area (Å²) in [6.45, 7) is 1.93. The van der Waals surface area contributed by atoms with E-state index in [0.717, 1.165) is 11.3 Å². The van der Waals surface area contributed by atoms with Crippen LogP contribution >= 0.6 is 0 Å². The van der Waals surface area contributed by atoms with Gasteiger partial charge in [0, 0.05) is 24.0 Å². The normalized spacial score (nSPS) is 11.0. The molecule has 0 aromatic heterocycles. The average molecular weight is 380 g/mol. The van der Waals surface area contributed by atoms with Gasteiger partial charge in [0.25, 0.3) is 15.9 Å². The van der Waals surface area contributed by atoms with Crippen molar-refractivity contribution in [2.45, 2.75) is 11.8 Å². The van der Waals surface area contributed by atoms with Crippen molar-refractivity contribution in [3.63, 3.8) is 0 Å². The highest BCUT2D eigenvalue weighted by Crippen LogP contribution is 2.20. The van der Waals surface area contributed by atoms with Gasteiger partial charge in [0.15, 0.2) is 0 Å². The van der Waals surface area contributed by atoms with Crippen LogP contribution in [0.3, 0.4) is 0 Å². The molecule has 0 aliphatic heterocycles. The van der Waals surface area contributed by atoms with Crippen molar-refractivity contribution in [1.29, 1.82) is 0 Å². The van der Waals surface area contributed by atoms with Crippen LogP contribution in [-0.4, -0.2) is 21.4 Å². The van der Waals surface area contributed by atoms with E-state index in [9.17, 15) is 13.2 Å². The monoisotopic (exact) mass is 380 g/mol. The van der Waals surface area contributed by atoms with Gasteiger partial charge in [0.05, 0.1) is 4.90 Å². The summed E-state index contributed by atoms with van der Waals surface area (Å²) in [5.41, 5.74) is 2.54. The summed E-state index contributed by atoms with van der Waals surface area (Å²) in [7, 11) is -2.14. The number of anilines is 2. The van der Waals surface area contributed by atoms with Crippen LogP contribution in [-0.2, 0) is 10.0 Å². The number of nitrogens with zero attached hydrogens (tertiary/aromatic N) is 1. The zero-order chi connectivity index (χ0) is 19.4. The predicted octanol–water partition coefficient (Wildman–Crippen LogP) is 4.07. The maximum atomic E-state index is 12.7. The first kappa shape index (κ1) is 18.7. The van der Waals surface area contributed by atoms with E-state index in [2.05, 4.69) is 4.72 Å². The molecule has 6 heteroatoms. The van der Waals surface area contributed by atoms with Crippen LogP contribution < -0.4 is 9.62 Å². The second-order valence-corrected chi connectivity index (χ2v) is 7.88. The molecule has 27 heavy (non-hydrogen) atoms. The zero-order valence-corrected chi connectivity index (χ0v) is 15.9. The van der Waals surface area contributed by atoms with Gasteiger partial charge in [-0.2, -0.15) is 0 Å². The maximum Gasteiger partial charge on any atom is 0.261 e. The highest BCUT2D eigenvalue weighted by molar-refractivity contribution is 7.92. The van der Waals surface area contributed by atoms with Crippen molar-refractivity contribution in [1.82, 2.24) is 0 Å². The quantitative estimate of drug-likeness (QED) is 0.725. The first-order valence-electron chi connectivity index (χ1n) is 8.39. The summed E-state index contributed by atoms with van der Waals surface area (Å²) in [6, 6.07) is 22.3. The fourth-order valence-electron chi connectivity index (χ4n) is 2.59. The molecule has 0 spiro atoms. The molecule has 0 bridgehead atoms. The van der Waals surface area contributed by atoms with E-state index >= 15 is 0 Å². The molecule has 0 saturated carbocycles. The first-order chi connectivity index (χ1) is 12.9. The van der Waals surface area contributed by atoms with Crippen LogP contribution in [0.4, 0.5) is 11.4 Å². The van der Waals surface area contributed by atoms with Crippen LogP contribution in [0, 0.1) is 6.92 Å². The van der Waals surface area contributed by atoms with Crippen molar-refractivity contribution >= 4 is 27.3 Å². The van der Waals surface area contributed by atoms with Crippen LogP contribution in [0.5, 0.6) is 0 Å². The Hall–Kier alpha value is -3.12. The summed E-state index contributed by atoms with van der Waals surface area (Å²) >= 11 is 0. The largest absolute Gasteiger partial charge is 0.311 e. The highest BCUT2D eigenvalue weighted by atomic mass is 32.2. The van der Waals surface area contributed by atoms with Crippen LogP contribution in [0.1, 0.15) is 15.9 Å². The van der Waals surface area contributed by atoms with Crippen molar-refractivity contribution in [2.75, 3.05) is 16.7 Å². The maximum absolute atomic E-state index is 12.7. The van der Waals surface area contributed by atoms with E-state index in [0.29, 0.717) is 11.3 Å². The molecule has 1 N–H and O–H groups in total. The smallest absolute Gasteiger partial charge is 0.261 e. The lowest BCUT2D eigenvalue weighted by molar-refractivity contribution is 0.0993. The summed E-state index contributed by atoms with van der Waals surface area (Å²) < 4.78 is 27.9. The minimum atomic E-state index is -3.79. The third-order valence-electron chi connectivity index (χ3n) is 4.14. The number of benzene rings is 3. The zero-order valence-electron chi connectivity index (χ0n) is 15.1. The van der Waals surface area contributed by atoms with Gasteiger partial charge in [-0.25, -0.2) is 8.42 Å². The Morgan fingerprint density at radius 2 is 1.56 bits per heavy atom. The van der Waals surface area contributed by atoms with E-state index in [1.54, 1.807) is 31.3 Å².